The maximum Gasteiger partial charge on any atom is 0.411 e. The molecular formula is C20H24ClF3N4O. The number of nitrogens with zero attached hydrogens (tertiary/aromatic N) is 2. The number of guanidine groups is 1. The van der Waals surface area contributed by atoms with Crippen LogP contribution in [0.2, 0.25) is 5.15 Å². The Kier molecular flexibility index (Phi) is 9.21. The lowest BCUT2D eigenvalue weighted by Crippen LogP contribution is -2.38. The molecular weight excluding hydrogens is 405 g/mol. The van der Waals surface area contributed by atoms with Gasteiger partial charge in [0.2, 0.25) is 0 Å². The standard InChI is InChI=1S/C20H24ClF3N4O/c1-2-25-19(26-10-9-16-7-8-18(21)27-11-16)28-12-15-3-5-17(6-4-15)13-29-14-20(22,23)24/h3-8,11H,2,9-10,12-14H2,1H3,(H2,25,26,28). The zero-order valence-corrected chi connectivity index (χ0v) is 16.9. The van der Waals surface area contributed by atoms with Crippen molar-refractivity contribution in [3.63, 3.8) is 0 Å². The van der Waals surface area contributed by atoms with Gasteiger partial charge in [0.15, 0.2) is 5.96 Å². The first kappa shape index (κ1) is 23.0. The van der Waals surface area contributed by atoms with Crippen molar-refractivity contribution in [3.8, 4) is 0 Å². The van der Waals surface area contributed by atoms with E-state index >= 15 is 0 Å². The molecule has 0 saturated heterocycles. The van der Waals surface area contributed by atoms with E-state index in [1.165, 1.54) is 0 Å². The quantitative estimate of drug-likeness (QED) is 0.358. The van der Waals surface area contributed by atoms with Gasteiger partial charge in [0.1, 0.15) is 11.8 Å². The second-order valence-corrected chi connectivity index (χ2v) is 6.67. The van der Waals surface area contributed by atoms with Crippen LogP contribution in [0.3, 0.4) is 0 Å². The molecule has 1 aromatic heterocycles. The molecule has 0 aliphatic rings. The zero-order chi connectivity index (χ0) is 21.1. The van der Waals surface area contributed by atoms with Crippen molar-refractivity contribution in [2.24, 2.45) is 4.99 Å². The summed E-state index contributed by atoms with van der Waals surface area (Å²) in [7, 11) is 0. The Bertz CT molecular complexity index is 765. The van der Waals surface area contributed by atoms with E-state index in [0.29, 0.717) is 29.8 Å². The normalized spacial score (nSPS) is 12.1. The summed E-state index contributed by atoms with van der Waals surface area (Å²) in [6.45, 7) is 2.52. The second kappa shape index (κ2) is 11.6. The van der Waals surface area contributed by atoms with Crippen LogP contribution in [-0.2, 0) is 24.3 Å². The number of aromatic nitrogens is 1. The molecule has 158 valence electrons. The topological polar surface area (TPSA) is 58.5 Å². The molecule has 0 radical (unpaired) electrons. The van der Waals surface area contributed by atoms with Crippen LogP contribution in [0.25, 0.3) is 0 Å². The highest BCUT2D eigenvalue weighted by Gasteiger charge is 2.27. The van der Waals surface area contributed by atoms with Gasteiger partial charge in [-0.2, -0.15) is 13.2 Å². The van der Waals surface area contributed by atoms with E-state index in [9.17, 15) is 13.2 Å². The number of ether oxygens (including phenoxy) is 1. The summed E-state index contributed by atoms with van der Waals surface area (Å²) >= 11 is 5.78. The van der Waals surface area contributed by atoms with Crippen molar-refractivity contribution in [3.05, 3.63) is 64.4 Å². The highest BCUT2D eigenvalue weighted by Crippen LogP contribution is 2.16. The van der Waals surface area contributed by atoms with Crippen molar-refractivity contribution in [2.45, 2.75) is 32.7 Å². The summed E-state index contributed by atoms with van der Waals surface area (Å²) in [5, 5.41) is 6.90. The highest BCUT2D eigenvalue weighted by atomic mass is 35.5. The maximum atomic E-state index is 12.1. The van der Waals surface area contributed by atoms with E-state index < -0.39 is 12.8 Å². The lowest BCUT2D eigenvalue weighted by Gasteiger charge is -2.11. The number of rotatable bonds is 9. The van der Waals surface area contributed by atoms with Crippen LogP contribution in [0, 0.1) is 0 Å². The van der Waals surface area contributed by atoms with E-state index in [1.54, 1.807) is 24.4 Å². The van der Waals surface area contributed by atoms with Crippen LogP contribution in [0.5, 0.6) is 0 Å². The van der Waals surface area contributed by atoms with Crippen LogP contribution >= 0.6 is 11.6 Å². The number of pyridine rings is 1. The van der Waals surface area contributed by atoms with Gasteiger partial charge < -0.3 is 15.4 Å². The molecule has 0 aliphatic heterocycles. The van der Waals surface area contributed by atoms with E-state index in [2.05, 4.69) is 25.3 Å². The average molecular weight is 429 g/mol. The van der Waals surface area contributed by atoms with E-state index in [0.717, 1.165) is 24.1 Å². The summed E-state index contributed by atoms with van der Waals surface area (Å²) in [5.74, 6) is 0.687. The highest BCUT2D eigenvalue weighted by molar-refractivity contribution is 6.29. The largest absolute Gasteiger partial charge is 0.411 e. The third-order valence-corrected chi connectivity index (χ3v) is 4.04. The Balaban J connectivity index is 1.81. The van der Waals surface area contributed by atoms with Crippen molar-refractivity contribution in [1.29, 1.82) is 0 Å². The van der Waals surface area contributed by atoms with Gasteiger partial charge in [0.25, 0.3) is 0 Å². The number of hydrogen-bond acceptors (Lipinski definition) is 3. The van der Waals surface area contributed by atoms with Crippen LogP contribution in [-0.4, -0.2) is 36.8 Å². The number of benzene rings is 1. The summed E-state index contributed by atoms with van der Waals surface area (Å²) < 4.78 is 41.0. The van der Waals surface area contributed by atoms with E-state index in [1.807, 2.05) is 25.1 Å². The van der Waals surface area contributed by atoms with Crippen molar-refractivity contribution in [2.75, 3.05) is 19.7 Å². The first-order valence-electron chi connectivity index (χ1n) is 9.20. The van der Waals surface area contributed by atoms with Crippen molar-refractivity contribution in [1.82, 2.24) is 15.6 Å². The number of alkyl halides is 3. The molecule has 2 aromatic rings. The fraction of sp³-hybridized carbons (Fsp3) is 0.400. The number of aliphatic imine (C=N–C) groups is 1. The summed E-state index contributed by atoms with van der Waals surface area (Å²) in [4.78, 5) is 8.58. The molecule has 9 heteroatoms. The van der Waals surface area contributed by atoms with Crippen LogP contribution < -0.4 is 10.6 Å². The molecule has 2 rings (SSSR count). The number of halogens is 4. The van der Waals surface area contributed by atoms with Crippen LogP contribution in [0.1, 0.15) is 23.6 Å². The monoisotopic (exact) mass is 428 g/mol. The van der Waals surface area contributed by atoms with Crippen LogP contribution in [0.15, 0.2) is 47.6 Å². The first-order valence-corrected chi connectivity index (χ1v) is 9.58. The molecule has 0 fully saturated rings. The molecule has 0 saturated carbocycles. The van der Waals surface area contributed by atoms with E-state index in [-0.39, 0.29) is 6.61 Å². The average Bonchev–Trinajstić information content (AvgIpc) is 2.68. The van der Waals surface area contributed by atoms with Gasteiger partial charge in [-0.15, -0.1) is 0 Å². The molecule has 5 nitrogen and oxygen atoms in total. The Labute approximate surface area is 173 Å². The predicted molar refractivity (Wildman–Crippen MR) is 108 cm³/mol. The Morgan fingerprint density at radius 3 is 2.38 bits per heavy atom. The summed E-state index contributed by atoms with van der Waals surface area (Å²) in [6, 6.07) is 10.8. The minimum Gasteiger partial charge on any atom is -0.367 e. The Hall–Kier alpha value is -2.32. The molecule has 0 amide bonds. The van der Waals surface area contributed by atoms with Gasteiger partial charge in [-0.25, -0.2) is 9.98 Å². The molecule has 0 atom stereocenters. The number of hydrogen-bond donors (Lipinski definition) is 2. The van der Waals surface area contributed by atoms with Crippen LogP contribution in [0.4, 0.5) is 13.2 Å². The fourth-order valence-electron chi connectivity index (χ4n) is 2.42. The predicted octanol–water partition coefficient (Wildman–Crippen LogP) is 4.11. The fourth-order valence-corrected chi connectivity index (χ4v) is 2.53. The lowest BCUT2D eigenvalue weighted by molar-refractivity contribution is -0.176. The summed E-state index contributed by atoms with van der Waals surface area (Å²) in [5.41, 5.74) is 2.70. The maximum absolute atomic E-state index is 12.1. The van der Waals surface area contributed by atoms with Gasteiger partial charge in [-0.3, -0.25) is 0 Å². The first-order chi connectivity index (χ1) is 13.9. The molecule has 0 unspecified atom stereocenters. The second-order valence-electron chi connectivity index (χ2n) is 6.29. The number of nitrogens with one attached hydrogen (secondary N) is 2. The summed E-state index contributed by atoms with van der Waals surface area (Å²) in [6.07, 6.45) is -1.79. The van der Waals surface area contributed by atoms with Gasteiger partial charge in [-0.1, -0.05) is 41.9 Å². The minimum atomic E-state index is -4.31. The van der Waals surface area contributed by atoms with Gasteiger partial charge in [0, 0.05) is 19.3 Å². The molecule has 1 heterocycles. The van der Waals surface area contributed by atoms with Gasteiger partial charge in [0.05, 0.1) is 13.2 Å². The molecule has 29 heavy (non-hydrogen) atoms. The Morgan fingerprint density at radius 2 is 1.76 bits per heavy atom. The smallest absolute Gasteiger partial charge is 0.367 e. The van der Waals surface area contributed by atoms with Crippen molar-refractivity contribution < 1.29 is 17.9 Å². The zero-order valence-electron chi connectivity index (χ0n) is 16.1. The lowest BCUT2D eigenvalue weighted by atomic mass is 10.1. The van der Waals surface area contributed by atoms with Crippen molar-refractivity contribution >= 4 is 17.6 Å². The van der Waals surface area contributed by atoms with Gasteiger partial charge in [-0.05, 0) is 36.1 Å². The molecule has 0 aliphatic carbocycles. The third kappa shape index (κ3) is 9.62. The molecule has 0 bridgehead atoms. The molecule has 2 N–H and O–H groups in total. The Morgan fingerprint density at radius 1 is 1.07 bits per heavy atom. The van der Waals surface area contributed by atoms with E-state index in [4.69, 9.17) is 11.6 Å². The molecule has 1 aromatic carbocycles. The SMILES string of the molecule is CCNC(=NCc1ccc(COCC(F)(F)F)cc1)NCCc1ccc(Cl)nc1. The molecule has 0 spiro atoms. The minimum absolute atomic E-state index is 0.0766. The van der Waals surface area contributed by atoms with Gasteiger partial charge >= 0.3 is 6.18 Å². The third-order valence-electron chi connectivity index (χ3n) is 3.82.